The van der Waals surface area contributed by atoms with Crippen LogP contribution in [0.1, 0.15) is 29.8 Å². The van der Waals surface area contributed by atoms with Crippen LogP contribution in [0.3, 0.4) is 0 Å². The minimum Gasteiger partial charge on any atom is -0.494 e. The molecule has 0 aliphatic heterocycles. The van der Waals surface area contributed by atoms with Crippen molar-refractivity contribution in [3.63, 3.8) is 0 Å². The number of amides is 2. The number of carbonyl (C=O) groups excluding carboxylic acids is 2. The Morgan fingerprint density at radius 3 is 2.47 bits per heavy atom. The van der Waals surface area contributed by atoms with Crippen LogP contribution in [0.25, 0.3) is 0 Å². The molecule has 5 heteroatoms. The lowest BCUT2D eigenvalue weighted by atomic mass is 10.1. The Labute approximate surface area is 113 Å². The minimum atomic E-state index is -0.156. The van der Waals surface area contributed by atoms with Gasteiger partial charge in [0.25, 0.3) is 5.91 Å². The Balaban J connectivity index is 2.53. The smallest absolute Gasteiger partial charge is 0.251 e. The fourth-order valence-electron chi connectivity index (χ4n) is 1.62. The van der Waals surface area contributed by atoms with Crippen molar-refractivity contribution in [1.29, 1.82) is 0 Å². The van der Waals surface area contributed by atoms with Gasteiger partial charge in [-0.25, -0.2) is 0 Å². The van der Waals surface area contributed by atoms with E-state index >= 15 is 0 Å². The van der Waals surface area contributed by atoms with E-state index in [1.807, 2.05) is 13.8 Å². The molecule has 0 aliphatic rings. The lowest BCUT2D eigenvalue weighted by Crippen LogP contribution is -2.33. The van der Waals surface area contributed by atoms with E-state index in [0.717, 1.165) is 11.3 Å². The van der Waals surface area contributed by atoms with Crippen LogP contribution in [0.15, 0.2) is 18.2 Å². The Hall–Kier alpha value is -2.04. The second-order valence-electron chi connectivity index (χ2n) is 4.15. The third-order valence-corrected chi connectivity index (χ3v) is 2.52. The summed E-state index contributed by atoms with van der Waals surface area (Å²) in [6.45, 7) is 6.70. The minimum absolute atomic E-state index is 0.105. The van der Waals surface area contributed by atoms with E-state index < -0.39 is 0 Å². The topological polar surface area (TPSA) is 67.4 Å². The highest BCUT2D eigenvalue weighted by molar-refractivity contribution is 5.94. The lowest BCUT2D eigenvalue weighted by Gasteiger charge is -2.09. The lowest BCUT2D eigenvalue weighted by molar-refractivity contribution is -0.118. The number of aryl methyl sites for hydroxylation is 1. The average Bonchev–Trinajstić information content (AvgIpc) is 2.36. The monoisotopic (exact) mass is 264 g/mol. The van der Waals surface area contributed by atoms with Gasteiger partial charge in [-0.15, -0.1) is 0 Å². The van der Waals surface area contributed by atoms with Gasteiger partial charge >= 0.3 is 0 Å². The highest BCUT2D eigenvalue weighted by Gasteiger charge is 2.07. The molecule has 1 rings (SSSR count). The third kappa shape index (κ3) is 4.99. The highest BCUT2D eigenvalue weighted by Crippen LogP contribution is 2.18. The van der Waals surface area contributed by atoms with Gasteiger partial charge in [0.05, 0.1) is 6.61 Å². The van der Waals surface area contributed by atoms with Crippen molar-refractivity contribution in [2.45, 2.75) is 20.8 Å². The van der Waals surface area contributed by atoms with Crippen LogP contribution < -0.4 is 15.4 Å². The molecule has 19 heavy (non-hydrogen) atoms. The molecule has 1 aromatic rings. The summed E-state index contributed by atoms with van der Waals surface area (Å²) in [7, 11) is 0. The van der Waals surface area contributed by atoms with Crippen LogP contribution in [0, 0.1) is 6.92 Å². The normalized spacial score (nSPS) is 9.84. The van der Waals surface area contributed by atoms with Crippen LogP contribution in [-0.4, -0.2) is 31.5 Å². The SMILES string of the molecule is CCOc1ccc(C(=O)NCCNC(C)=O)cc1C. The van der Waals surface area contributed by atoms with E-state index in [-0.39, 0.29) is 11.8 Å². The zero-order valence-electron chi connectivity index (χ0n) is 11.6. The maximum Gasteiger partial charge on any atom is 0.251 e. The van der Waals surface area contributed by atoms with Crippen LogP contribution in [0.4, 0.5) is 0 Å². The Morgan fingerprint density at radius 1 is 1.21 bits per heavy atom. The molecule has 0 heterocycles. The maximum absolute atomic E-state index is 11.8. The van der Waals surface area contributed by atoms with Crippen molar-refractivity contribution in [3.8, 4) is 5.75 Å². The van der Waals surface area contributed by atoms with E-state index in [0.29, 0.717) is 25.3 Å². The number of hydrogen-bond donors (Lipinski definition) is 2. The Bertz CT molecular complexity index is 458. The van der Waals surface area contributed by atoms with Crippen LogP contribution in [0.5, 0.6) is 5.75 Å². The van der Waals surface area contributed by atoms with Crippen molar-refractivity contribution in [2.75, 3.05) is 19.7 Å². The van der Waals surface area contributed by atoms with E-state index in [1.54, 1.807) is 18.2 Å². The van der Waals surface area contributed by atoms with Crippen LogP contribution in [-0.2, 0) is 4.79 Å². The average molecular weight is 264 g/mol. The molecular formula is C14H20N2O3. The molecule has 0 bridgehead atoms. The predicted molar refractivity (Wildman–Crippen MR) is 73.4 cm³/mol. The molecule has 1 aromatic carbocycles. The molecule has 0 saturated carbocycles. The van der Waals surface area contributed by atoms with Gasteiger partial charge in [-0.05, 0) is 37.6 Å². The molecule has 2 N–H and O–H groups in total. The summed E-state index contributed by atoms with van der Waals surface area (Å²) in [6, 6.07) is 5.31. The first-order valence-corrected chi connectivity index (χ1v) is 6.30. The van der Waals surface area contributed by atoms with Crippen molar-refractivity contribution in [3.05, 3.63) is 29.3 Å². The number of nitrogens with one attached hydrogen (secondary N) is 2. The number of hydrogen-bond acceptors (Lipinski definition) is 3. The van der Waals surface area contributed by atoms with Gasteiger partial charge in [0, 0.05) is 25.6 Å². The van der Waals surface area contributed by atoms with Gasteiger partial charge in [-0.1, -0.05) is 0 Å². The number of rotatable bonds is 6. The molecule has 0 radical (unpaired) electrons. The molecule has 0 saturated heterocycles. The second-order valence-corrected chi connectivity index (χ2v) is 4.15. The van der Waals surface area contributed by atoms with Gasteiger partial charge in [0.1, 0.15) is 5.75 Å². The van der Waals surface area contributed by atoms with Crippen molar-refractivity contribution < 1.29 is 14.3 Å². The predicted octanol–water partition coefficient (Wildman–Crippen LogP) is 1.26. The van der Waals surface area contributed by atoms with Gasteiger partial charge in [-0.3, -0.25) is 9.59 Å². The Morgan fingerprint density at radius 2 is 1.89 bits per heavy atom. The summed E-state index contributed by atoms with van der Waals surface area (Å²) in [4.78, 5) is 22.5. The third-order valence-electron chi connectivity index (χ3n) is 2.52. The summed E-state index contributed by atoms with van der Waals surface area (Å²) >= 11 is 0. The van der Waals surface area contributed by atoms with Crippen LogP contribution in [0.2, 0.25) is 0 Å². The largest absolute Gasteiger partial charge is 0.494 e. The summed E-state index contributed by atoms with van der Waals surface area (Å²) in [6.07, 6.45) is 0. The molecule has 2 amide bonds. The highest BCUT2D eigenvalue weighted by atomic mass is 16.5. The fourth-order valence-corrected chi connectivity index (χ4v) is 1.62. The van der Waals surface area contributed by atoms with E-state index in [9.17, 15) is 9.59 Å². The van der Waals surface area contributed by atoms with Crippen molar-refractivity contribution in [1.82, 2.24) is 10.6 Å². The molecular weight excluding hydrogens is 244 g/mol. The van der Waals surface area contributed by atoms with Crippen molar-refractivity contribution >= 4 is 11.8 Å². The first kappa shape index (κ1) is 15.0. The van der Waals surface area contributed by atoms with Gasteiger partial charge < -0.3 is 15.4 Å². The van der Waals surface area contributed by atoms with E-state index in [1.165, 1.54) is 6.92 Å². The molecule has 5 nitrogen and oxygen atoms in total. The van der Waals surface area contributed by atoms with Gasteiger partial charge in [0.2, 0.25) is 5.91 Å². The van der Waals surface area contributed by atoms with Gasteiger partial charge in [-0.2, -0.15) is 0 Å². The van der Waals surface area contributed by atoms with Crippen LogP contribution >= 0.6 is 0 Å². The summed E-state index contributed by atoms with van der Waals surface area (Å²) in [5.74, 6) is 0.528. The molecule has 0 aromatic heterocycles. The molecule has 0 atom stereocenters. The maximum atomic E-state index is 11.8. The molecule has 0 fully saturated rings. The first-order chi connectivity index (χ1) is 9.04. The first-order valence-electron chi connectivity index (χ1n) is 6.30. The van der Waals surface area contributed by atoms with E-state index in [4.69, 9.17) is 4.74 Å². The van der Waals surface area contributed by atoms with Gasteiger partial charge in [0.15, 0.2) is 0 Å². The molecule has 0 unspecified atom stereocenters. The Kier molecular flexibility index (Phi) is 5.85. The standard InChI is InChI=1S/C14H20N2O3/c1-4-19-13-6-5-12(9-10(13)2)14(18)16-8-7-15-11(3)17/h5-6,9H,4,7-8H2,1-3H3,(H,15,17)(H,16,18). The number of ether oxygens (including phenoxy) is 1. The number of benzene rings is 1. The quantitative estimate of drug-likeness (QED) is 0.760. The zero-order valence-corrected chi connectivity index (χ0v) is 11.6. The van der Waals surface area contributed by atoms with E-state index in [2.05, 4.69) is 10.6 Å². The number of carbonyl (C=O) groups is 2. The zero-order chi connectivity index (χ0) is 14.3. The molecule has 104 valence electrons. The second kappa shape index (κ2) is 7.41. The van der Waals surface area contributed by atoms with Crippen molar-refractivity contribution in [2.24, 2.45) is 0 Å². The molecule has 0 aliphatic carbocycles. The fraction of sp³-hybridized carbons (Fsp3) is 0.429. The molecule has 0 spiro atoms. The summed E-state index contributed by atoms with van der Waals surface area (Å²) < 4.78 is 5.42. The summed E-state index contributed by atoms with van der Waals surface area (Å²) in [5.41, 5.74) is 1.51. The summed E-state index contributed by atoms with van der Waals surface area (Å²) in [5, 5.41) is 5.35.